The number of fused-ring (bicyclic) bond motifs is 3. The normalized spacial score (nSPS) is 11.1. The maximum atomic E-state index is 10.9. The third-order valence-electron chi connectivity index (χ3n) is 2.65. The van der Waals surface area contributed by atoms with E-state index in [2.05, 4.69) is 25.9 Å². The zero-order valence-electron chi connectivity index (χ0n) is 8.57. The van der Waals surface area contributed by atoms with Gasteiger partial charge >= 0.3 is 5.97 Å². The summed E-state index contributed by atoms with van der Waals surface area (Å²) in [4.78, 5) is 18.4. The van der Waals surface area contributed by atoms with Gasteiger partial charge in [-0.3, -0.25) is 4.98 Å². The van der Waals surface area contributed by atoms with Gasteiger partial charge in [-0.25, -0.2) is 4.79 Å². The zero-order valence-corrected chi connectivity index (χ0v) is 10.2. The molecule has 2 heterocycles. The van der Waals surface area contributed by atoms with Crippen LogP contribution in [0.25, 0.3) is 21.9 Å². The summed E-state index contributed by atoms with van der Waals surface area (Å²) in [6.07, 6.45) is 1.72. The summed E-state index contributed by atoms with van der Waals surface area (Å²) in [5.41, 5.74) is 2.78. The molecule has 0 unspecified atom stereocenters. The van der Waals surface area contributed by atoms with Crippen LogP contribution in [-0.4, -0.2) is 21.0 Å². The summed E-state index contributed by atoms with van der Waals surface area (Å²) >= 11 is 3.35. The summed E-state index contributed by atoms with van der Waals surface area (Å²) in [5, 5.41) is 9.85. The van der Waals surface area contributed by atoms with E-state index in [4.69, 9.17) is 5.11 Å². The van der Waals surface area contributed by atoms with Crippen LogP contribution in [0, 0.1) is 0 Å². The first kappa shape index (κ1) is 10.3. The van der Waals surface area contributed by atoms with E-state index >= 15 is 0 Å². The summed E-state index contributed by atoms with van der Waals surface area (Å²) in [6, 6.07) is 6.90. The minimum atomic E-state index is -0.931. The molecule has 3 aromatic rings. The van der Waals surface area contributed by atoms with Crippen LogP contribution in [0.4, 0.5) is 0 Å². The van der Waals surface area contributed by atoms with Crippen LogP contribution in [0.5, 0.6) is 0 Å². The quantitative estimate of drug-likeness (QED) is 0.723. The van der Waals surface area contributed by atoms with Crippen LogP contribution < -0.4 is 0 Å². The van der Waals surface area contributed by atoms with Crippen molar-refractivity contribution in [1.82, 2.24) is 9.97 Å². The number of aromatic nitrogens is 2. The maximum Gasteiger partial charge on any atom is 0.335 e. The van der Waals surface area contributed by atoms with E-state index < -0.39 is 5.97 Å². The molecule has 84 valence electrons. The van der Waals surface area contributed by atoms with Gasteiger partial charge in [0.1, 0.15) is 0 Å². The molecule has 0 radical (unpaired) electrons. The third kappa shape index (κ3) is 1.59. The monoisotopic (exact) mass is 290 g/mol. The largest absolute Gasteiger partial charge is 0.478 e. The van der Waals surface area contributed by atoms with Gasteiger partial charge in [0.15, 0.2) is 0 Å². The number of aromatic carboxylic acids is 1. The van der Waals surface area contributed by atoms with Crippen molar-refractivity contribution in [3.8, 4) is 0 Å². The minimum Gasteiger partial charge on any atom is -0.478 e. The Morgan fingerprint density at radius 3 is 2.88 bits per heavy atom. The predicted molar refractivity (Wildman–Crippen MR) is 68.3 cm³/mol. The van der Waals surface area contributed by atoms with E-state index in [1.807, 2.05) is 6.07 Å². The highest BCUT2D eigenvalue weighted by Crippen LogP contribution is 2.26. The molecule has 0 aliphatic rings. The predicted octanol–water partition coefficient (Wildman–Crippen LogP) is 3.18. The van der Waals surface area contributed by atoms with E-state index in [1.54, 1.807) is 24.4 Å². The van der Waals surface area contributed by atoms with Crippen molar-refractivity contribution in [3.05, 3.63) is 40.5 Å². The molecule has 0 saturated carbocycles. The number of pyridine rings is 1. The van der Waals surface area contributed by atoms with E-state index in [-0.39, 0.29) is 5.56 Å². The van der Waals surface area contributed by atoms with E-state index in [9.17, 15) is 4.79 Å². The summed E-state index contributed by atoms with van der Waals surface area (Å²) < 4.78 is 0.884. The fourth-order valence-electron chi connectivity index (χ4n) is 1.88. The van der Waals surface area contributed by atoms with Crippen molar-refractivity contribution in [2.45, 2.75) is 0 Å². The Labute approximate surface area is 104 Å². The van der Waals surface area contributed by atoms with Crippen molar-refractivity contribution in [3.63, 3.8) is 0 Å². The van der Waals surface area contributed by atoms with Gasteiger partial charge < -0.3 is 10.1 Å². The molecule has 0 saturated heterocycles. The maximum absolute atomic E-state index is 10.9. The number of carbonyl (C=O) groups is 1. The number of carboxylic acid groups (broad SMARTS) is 1. The smallest absolute Gasteiger partial charge is 0.335 e. The number of rotatable bonds is 1. The highest BCUT2D eigenvalue weighted by atomic mass is 79.9. The van der Waals surface area contributed by atoms with Gasteiger partial charge in [-0.15, -0.1) is 0 Å². The lowest BCUT2D eigenvalue weighted by atomic mass is 10.1. The fourth-order valence-corrected chi connectivity index (χ4v) is 2.21. The second kappa shape index (κ2) is 3.56. The highest BCUT2D eigenvalue weighted by molar-refractivity contribution is 9.10. The third-order valence-corrected chi connectivity index (χ3v) is 3.08. The molecule has 0 bridgehead atoms. The number of aromatic amines is 1. The van der Waals surface area contributed by atoms with Crippen molar-refractivity contribution in [1.29, 1.82) is 0 Å². The zero-order chi connectivity index (χ0) is 12.0. The minimum absolute atomic E-state index is 0.267. The Kier molecular flexibility index (Phi) is 2.16. The molecule has 2 N–H and O–H groups in total. The van der Waals surface area contributed by atoms with Gasteiger partial charge in [0, 0.05) is 21.6 Å². The number of carboxylic acids is 1. The Balaban J connectivity index is 2.38. The lowest BCUT2D eigenvalue weighted by Crippen LogP contribution is -1.94. The topological polar surface area (TPSA) is 66.0 Å². The SMILES string of the molecule is O=C(O)c1ccc2c(c1)[nH]c1cc(Br)cnc12. The van der Waals surface area contributed by atoms with Crippen LogP contribution in [0.1, 0.15) is 10.4 Å². The standard InChI is InChI=1S/C12H7BrN2O2/c13-7-4-10-11(14-5-7)8-2-1-6(12(16)17)3-9(8)15-10/h1-5,15H,(H,16,17). The van der Waals surface area contributed by atoms with E-state index in [1.165, 1.54) is 0 Å². The van der Waals surface area contributed by atoms with Crippen LogP contribution in [0.3, 0.4) is 0 Å². The molecule has 2 aromatic heterocycles. The molecule has 0 fully saturated rings. The molecule has 0 atom stereocenters. The first-order chi connectivity index (χ1) is 8.15. The second-order valence-electron chi connectivity index (χ2n) is 3.74. The number of hydrogen-bond donors (Lipinski definition) is 2. The van der Waals surface area contributed by atoms with E-state index in [0.717, 1.165) is 26.4 Å². The number of benzene rings is 1. The van der Waals surface area contributed by atoms with Gasteiger partial charge in [-0.2, -0.15) is 0 Å². The van der Waals surface area contributed by atoms with Gasteiger partial charge in [0.25, 0.3) is 0 Å². The Morgan fingerprint density at radius 2 is 2.12 bits per heavy atom. The highest BCUT2D eigenvalue weighted by Gasteiger charge is 2.09. The molecule has 0 aliphatic heterocycles. The molecule has 0 spiro atoms. The lowest BCUT2D eigenvalue weighted by Gasteiger charge is -1.94. The molecule has 0 amide bonds. The van der Waals surface area contributed by atoms with Crippen LogP contribution in [0.15, 0.2) is 34.9 Å². The van der Waals surface area contributed by atoms with Crippen LogP contribution >= 0.6 is 15.9 Å². The second-order valence-corrected chi connectivity index (χ2v) is 4.66. The molecule has 3 rings (SSSR count). The molecule has 0 aliphatic carbocycles. The molecule has 5 heteroatoms. The van der Waals surface area contributed by atoms with Gasteiger partial charge in [0.2, 0.25) is 0 Å². The summed E-state index contributed by atoms with van der Waals surface area (Å²) in [7, 11) is 0. The first-order valence-corrected chi connectivity index (χ1v) is 5.75. The molecule has 4 nitrogen and oxygen atoms in total. The molecule has 1 aromatic carbocycles. The van der Waals surface area contributed by atoms with Crippen LogP contribution in [0.2, 0.25) is 0 Å². The van der Waals surface area contributed by atoms with Crippen LogP contribution in [-0.2, 0) is 0 Å². The first-order valence-electron chi connectivity index (χ1n) is 4.95. The average Bonchev–Trinajstić information content (AvgIpc) is 2.64. The average molecular weight is 291 g/mol. The Bertz CT molecular complexity index is 749. The summed E-state index contributed by atoms with van der Waals surface area (Å²) in [6.45, 7) is 0. The van der Waals surface area contributed by atoms with Gasteiger partial charge in [-0.05, 0) is 40.2 Å². The van der Waals surface area contributed by atoms with Gasteiger partial charge in [0.05, 0.1) is 16.6 Å². The van der Waals surface area contributed by atoms with Crippen molar-refractivity contribution in [2.75, 3.05) is 0 Å². The van der Waals surface area contributed by atoms with Crippen molar-refractivity contribution >= 4 is 43.8 Å². The van der Waals surface area contributed by atoms with Crippen molar-refractivity contribution in [2.24, 2.45) is 0 Å². The molecule has 17 heavy (non-hydrogen) atoms. The number of nitrogens with zero attached hydrogens (tertiary/aromatic N) is 1. The van der Waals surface area contributed by atoms with Gasteiger partial charge in [-0.1, -0.05) is 0 Å². The number of nitrogens with one attached hydrogen (secondary N) is 1. The number of H-pyrrole nitrogens is 1. The number of hydrogen-bond acceptors (Lipinski definition) is 2. The number of halogens is 1. The van der Waals surface area contributed by atoms with E-state index in [0.29, 0.717) is 0 Å². The molecular formula is C12H7BrN2O2. The Hall–Kier alpha value is -1.88. The lowest BCUT2D eigenvalue weighted by molar-refractivity contribution is 0.0697. The molecular weight excluding hydrogens is 284 g/mol. The summed E-state index contributed by atoms with van der Waals surface area (Å²) in [5.74, 6) is -0.931. The Morgan fingerprint density at radius 1 is 1.29 bits per heavy atom. The fraction of sp³-hybridized carbons (Fsp3) is 0. The van der Waals surface area contributed by atoms with Crippen molar-refractivity contribution < 1.29 is 9.90 Å².